The van der Waals surface area contributed by atoms with Gasteiger partial charge in [0.25, 0.3) is 0 Å². The Labute approximate surface area is 185 Å². The molecule has 0 N–H and O–H groups in total. The second-order valence-electron chi connectivity index (χ2n) is 10.4. The Bertz CT molecular complexity index is 290. The van der Waals surface area contributed by atoms with Gasteiger partial charge in [-0.15, -0.1) is 0 Å². The Hall–Kier alpha value is 0.799. The quantitative estimate of drug-likeness (QED) is 0.154. The van der Waals surface area contributed by atoms with Crippen molar-refractivity contribution >= 4 is 18.4 Å². The predicted octanol–water partition coefficient (Wildman–Crippen LogP) is 10.5. The molecule has 0 fully saturated rings. The van der Waals surface area contributed by atoms with E-state index >= 15 is 0 Å². The van der Waals surface area contributed by atoms with E-state index in [-0.39, 0.29) is 0 Å². The second-order valence-corrected chi connectivity index (χ2v) is 24.9. The van der Waals surface area contributed by atoms with Crippen LogP contribution in [0.5, 0.6) is 0 Å². The summed E-state index contributed by atoms with van der Waals surface area (Å²) in [5.74, 6) is 3.10. The van der Waals surface area contributed by atoms with Crippen LogP contribution in [-0.2, 0) is 0 Å². The van der Waals surface area contributed by atoms with Gasteiger partial charge in [-0.3, -0.25) is 0 Å². The third kappa shape index (κ3) is 11.3. The second kappa shape index (κ2) is 17.5. The molecule has 0 aliphatic heterocycles. The molecule has 28 heavy (non-hydrogen) atoms. The summed E-state index contributed by atoms with van der Waals surface area (Å²) in [6.07, 6.45) is 17.3. The molecule has 0 aromatic heterocycles. The van der Waals surface area contributed by atoms with Gasteiger partial charge in [-0.2, -0.15) is 0 Å². The molecule has 0 saturated heterocycles. The third-order valence-corrected chi connectivity index (χ3v) is 26.8. The summed E-state index contributed by atoms with van der Waals surface area (Å²) in [4.78, 5) is 0. The zero-order valence-electron chi connectivity index (χ0n) is 21.4. The number of rotatable bonds is 19. The molecule has 0 nitrogen and oxygen atoms in total. The van der Waals surface area contributed by atoms with E-state index in [1.807, 2.05) is 0 Å². The Morgan fingerprint density at radius 2 is 0.786 bits per heavy atom. The normalized spacial score (nSPS) is 17.5. The van der Waals surface area contributed by atoms with E-state index in [2.05, 4.69) is 55.4 Å². The van der Waals surface area contributed by atoms with Crippen molar-refractivity contribution in [2.24, 2.45) is 17.8 Å². The van der Waals surface area contributed by atoms with Gasteiger partial charge >= 0.3 is 186 Å². The van der Waals surface area contributed by atoms with E-state index in [1.165, 1.54) is 77.0 Å². The summed E-state index contributed by atoms with van der Waals surface area (Å²) in [5, 5.41) is 0. The van der Waals surface area contributed by atoms with Crippen molar-refractivity contribution < 1.29 is 0 Å². The molecule has 3 atom stereocenters. The Morgan fingerprint density at radius 3 is 0.964 bits per heavy atom. The minimum absolute atomic E-state index is 1.02. The van der Waals surface area contributed by atoms with Gasteiger partial charge in [0, 0.05) is 0 Å². The van der Waals surface area contributed by atoms with E-state index < -0.39 is 18.4 Å². The molecule has 170 valence electrons. The van der Waals surface area contributed by atoms with Gasteiger partial charge in [0.15, 0.2) is 0 Å². The van der Waals surface area contributed by atoms with Crippen molar-refractivity contribution in [3.05, 3.63) is 0 Å². The van der Waals surface area contributed by atoms with Crippen molar-refractivity contribution in [2.45, 2.75) is 150 Å². The average Bonchev–Trinajstić information content (AvgIpc) is 2.70. The summed E-state index contributed by atoms with van der Waals surface area (Å²) >= 11 is -2.22. The first kappa shape index (κ1) is 28.8. The molecule has 0 aliphatic rings. The molecule has 0 saturated carbocycles. The maximum absolute atomic E-state index is 2.65. The van der Waals surface area contributed by atoms with E-state index in [4.69, 9.17) is 0 Å². The summed E-state index contributed by atoms with van der Waals surface area (Å²) in [7, 11) is 0. The van der Waals surface area contributed by atoms with Crippen LogP contribution in [0.15, 0.2) is 0 Å². The summed E-state index contributed by atoms with van der Waals surface area (Å²) < 4.78 is 6.13. The Kier molecular flexibility index (Phi) is 18.0. The van der Waals surface area contributed by atoms with Gasteiger partial charge < -0.3 is 0 Å². The fourth-order valence-electron chi connectivity index (χ4n) is 5.51. The van der Waals surface area contributed by atoms with Crippen molar-refractivity contribution in [1.29, 1.82) is 0 Å². The van der Waals surface area contributed by atoms with Crippen molar-refractivity contribution in [2.75, 3.05) is 0 Å². The Morgan fingerprint density at radius 1 is 0.500 bits per heavy atom. The van der Waals surface area contributed by atoms with Crippen LogP contribution in [0.2, 0.25) is 17.2 Å². The molecular formula is C27H58Sn. The van der Waals surface area contributed by atoms with Crippen molar-refractivity contribution in [3.8, 4) is 0 Å². The fourth-order valence-corrected chi connectivity index (χ4v) is 25.0. The Balaban J connectivity index is 5.60. The SMILES string of the molecule is CCCCC(CC)[CH2][Sn]([CH2]C(CC)CCCC)([CH2]C(CC)CCCC)[CH](C)C. The first-order valence-corrected chi connectivity index (χ1v) is 21.1. The van der Waals surface area contributed by atoms with Crippen molar-refractivity contribution in [1.82, 2.24) is 0 Å². The van der Waals surface area contributed by atoms with Crippen LogP contribution in [0.1, 0.15) is 132 Å². The molecular weight excluding hydrogens is 443 g/mol. The maximum atomic E-state index is 2.65. The van der Waals surface area contributed by atoms with Gasteiger partial charge in [0.2, 0.25) is 0 Å². The molecule has 0 radical (unpaired) electrons. The molecule has 0 spiro atoms. The number of hydrogen-bond acceptors (Lipinski definition) is 0. The first-order valence-electron chi connectivity index (χ1n) is 13.4. The van der Waals surface area contributed by atoms with Gasteiger partial charge in [-0.05, 0) is 0 Å². The first-order chi connectivity index (χ1) is 13.4. The van der Waals surface area contributed by atoms with Crippen molar-refractivity contribution in [3.63, 3.8) is 0 Å². The van der Waals surface area contributed by atoms with Crippen LogP contribution in [0.4, 0.5) is 0 Å². The molecule has 0 rings (SSSR count). The molecule has 0 bridgehead atoms. The number of hydrogen-bond donors (Lipinski definition) is 0. The number of unbranched alkanes of at least 4 members (excludes halogenated alkanes) is 3. The van der Waals surface area contributed by atoms with Gasteiger partial charge in [0.1, 0.15) is 0 Å². The monoisotopic (exact) mass is 502 g/mol. The zero-order chi connectivity index (χ0) is 21.4. The molecule has 1 heteroatoms. The van der Waals surface area contributed by atoms with Crippen LogP contribution in [0.25, 0.3) is 0 Å². The zero-order valence-corrected chi connectivity index (χ0v) is 24.3. The molecule has 0 amide bonds. The molecule has 0 heterocycles. The molecule has 0 aromatic carbocycles. The predicted molar refractivity (Wildman–Crippen MR) is 135 cm³/mol. The van der Waals surface area contributed by atoms with E-state index in [0.717, 1.165) is 21.7 Å². The summed E-state index contributed by atoms with van der Waals surface area (Å²) in [5.41, 5.74) is 0. The van der Waals surface area contributed by atoms with Gasteiger partial charge in [0.05, 0.1) is 0 Å². The summed E-state index contributed by atoms with van der Waals surface area (Å²) in [6.45, 7) is 19.9. The van der Waals surface area contributed by atoms with Crippen LogP contribution in [0, 0.1) is 17.8 Å². The fraction of sp³-hybridized carbons (Fsp3) is 1.00. The topological polar surface area (TPSA) is 0 Å². The van der Waals surface area contributed by atoms with Crippen LogP contribution in [0.3, 0.4) is 0 Å². The minimum atomic E-state index is -2.22. The molecule has 0 aromatic rings. The van der Waals surface area contributed by atoms with Gasteiger partial charge in [-0.25, -0.2) is 0 Å². The molecule has 0 aliphatic carbocycles. The van der Waals surface area contributed by atoms with Crippen LogP contribution < -0.4 is 0 Å². The molecule has 3 unspecified atom stereocenters. The van der Waals surface area contributed by atoms with E-state index in [0.29, 0.717) is 0 Å². The average molecular weight is 501 g/mol. The van der Waals surface area contributed by atoms with Crippen LogP contribution >= 0.6 is 0 Å². The third-order valence-electron chi connectivity index (χ3n) is 7.94. The van der Waals surface area contributed by atoms with E-state index in [9.17, 15) is 0 Å². The van der Waals surface area contributed by atoms with E-state index in [1.54, 1.807) is 13.3 Å². The van der Waals surface area contributed by atoms with Gasteiger partial charge in [-0.1, -0.05) is 0 Å². The summed E-state index contributed by atoms with van der Waals surface area (Å²) in [6, 6.07) is 0. The standard InChI is InChI=1S/3C8H17.C3H7.Sn/c3*1-4-6-7-8(3)5-2;1-3-2;/h3*8H,3-7H2,1-2H3;3H,1-2H3;. The van der Waals surface area contributed by atoms with Crippen LogP contribution in [-0.4, -0.2) is 18.4 Å².